The summed E-state index contributed by atoms with van der Waals surface area (Å²) in [4.78, 5) is 0. The Labute approximate surface area is 100 Å². The third kappa shape index (κ3) is 3.64. The summed E-state index contributed by atoms with van der Waals surface area (Å²) in [6.07, 6.45) is 2.16. The van der Waals surface area contributed by atoms with Crippen LogP contribution in [-0.4, -0.2) is 6.04 Å². The first kappa shape index (κ1) is 13.2. The third-order valence-corrected chi connectivity index (χ3v) is 3.08. The van der Waals surface area contributed by atoms with Crippen molar-refractivity contribution in [2.75, 3.05) is 0 Å². The molecule has 0 aliphatic rings. The molecule has 0 fully saturated rings. The molecule has 1 heteroatoms. The van der Waals surface area contributed by atoms with Gasteiger partial charge in [0.1, 0.15) is 0 Å². The number of hydrogen-bond donors (Lipinski definition) is 1. The van der Waals surface area contributed by atoms with E-state index in [-0.39, 0.29) is 5.41 Å². The summed E-state index contributed by atoms with van der Waals surface area (Å²) in [6, 6.07) is 7.12. The molecule has 1 aromatic carbocycles. The molecule has 1 unspecified atom stereocenters. The first-order valence-corrected chi connectivity index (χ1v) is 6.16. The summed E-state index contributed by atoms with van der Waals surface area (Å²) in [7, 11) is 0. The highest BCUT2D eigenvalue weighted by atomic mass is 14.6. The summed E-state index contributed by atoms with van der Waals surface area (Å²) >= 11 is 0. The highest BCUT2D eigenvalue weighted by Gasteiger charge is 2.14. The minimum atomic E-state index is 0.241. The molecule has 0 saturated heterocycles. The number of rotatable bonds is 3. The van der Waals surface area contributed by atoms with Gasteiger partial charge >= 0.3 is 0 Å². The largest absolute Gasteiger partial charge is 0.328 e. The lowest BCUT2D eigenvalue weighted by Crippen LogP contribution is -2.16. The van der Waals surface area contributed by atoms with Gasteiger partial charge in [-0.3, -0.25) is 0 Å². The molecule has 0 aliphatic heterocycles. The summed E-state index contributed by atoms with van der Waals surface area (Å²) in [5.41, 5.74) is 10.3. The Morgan fingerprint density at radius 2 is 1.88 bits per heavy atom. The number of hydrogen-bond acceptors (Lipinski definition) is 1. The van der Waals surface area contributed by atoms with Crippen LogP contribution in [0.5, 0.6) is 0 Å². The van der Waals surface area contributed by atoms with Crippen LogP contribution in [0.1, 0.15) is 50.8 Å². The van der Waals surface area contributed by atoms with E-state index in [0.29, 0.717) is 6.04 Å². The molecule has 16 heavy (non-hydrogen) atoms. The van der Waals surface area contributed by atoms with Crippen molar-refractivity contribution in [3.05, 3.63) is 34.9 Å². The van der Waals surface area contributed by atoms with E-state index in [4.69, 9.17) is 5.73 Å². The van der Waals surface area contributed by atoms with Gasteiger partial charge < -0.3 is 5.73 Å². The number of benzene rings is 1. The maximum atomic E-state index is 5.79. The molecule has 0 heterocycles. The van der Waals surface area contributed by atoms with Gasteiger partial charge in [-0.2, -0.15) is 0 Å². The van der Waals surface area contributed by atoms with Gasteiger partial charge in [-0.15, -0.1) is 0 Å². The molecule has 2 N–H and O–H groups in total. The minimum absolute atomic E-state index is 0.241. The number of aryl methyl sites for hydroxylation is 2. The SMILES string of the molecule is Cc1cc(C(C)(C)C)ccc1CCC(C)N. The molecule has 0 bridgehead atoms. The van der Waals surface area contributed by atoms with Crippen molar-refractivity contribution in [2.45, 2.75) is 58.9 Å². The lowest BCUT2D eigenvalue weighted by atomic mass is 9.85. The van der Waals surface area contributed by atoms with Crippen LogP contribution in [0.2, 0.25) is 0 Å². The molecule has 1 atom stereocenters. The quantitative estimate of drug-likeness (QED) is 0.826. The zero-order valence-corrected chi connectivity index (χ0v) is 11.3. The van der Waals surface area contributed by atoms with Crippen molar-refractivity contribution in [3.63, 3.8) is 0 Å². The second-order valence-corrected chi connectivity index (χ2v) is 5.91. The lowest BCUT2D eigenvalue weighted by Gasteiger charge is -2.20. The Balaban J connectivity index is 2.84. The van der Waals surface area contributed by atoms with Crippen LogP contribution in [-0.2, 0) is 11.8 Å². The van der Waals surface area contributed by atoms with Crippen LogP contribution in [0, 0.1) is 6.92 Å². The van der Waals surface area contributed by atoms with Gasteiger partial charge in [0.05, 0.1) is 0 Å². The van der Waals surface area contributed by atoms with Crippen LogP contribution >= 0.6 is 0 Å². The fourth-order valence-electron chi connectivity index (χ4n) is 1.83. The average Bonchev–Trinajstić information content (AvgIpc) is 2.14. The highest BCUT2D eigenvalue weighted by molar-refractivity contribution is 5.34. The van der Waals surface area contributed by atoms with Crippen LogP contribution in [0.4, 0.5) is 0 Å². The molecular weight excluding hydrogens is 194 g/mol. The minimum Gasteiger partial charge on any atom is -0.328 e. The Kier molecular flexibility index (Phi) is 4.15. The maximum Gasteiger partial charge on any atom is 0.00136 e. The van der Waals surface area contributed by atoms with E-state index in [0.717, 1.165) is 12.8 Å². The maximum absolute atomic E-state index is 5.79. The standard InChI is InChI=1S/C15H25N/c1-11-10-14(15(3,4)5)9-8-13(11)7-6-12(2)16/h8-10,12H,6-7,16H2,1-5H3. The van der Waals surface area contributed by atoms with E-state index in [9.17, 15) is 0 Å². The molecular formula is C15H25N. The summed E-state index contributed by atoms with van der Waals surface area (Å²) in [5, 5.41) is 0. The van der Waals surface area contributed by atoms with Crippen molar-refractivity contribution in [2.24, 2.45) is 5.73 Å². The van der Waals surface area contributed by atoms with Gasteiger partial charge in [-0.1, -0.05) is 39.0 Å². The predicted molar refractivity (Wildman–Crippen MR) is 71.8 cm³/mol. The average molecular weight is 219 g/mol. The Bertz CT molecular complexity index is 345. The zero-order chi connectivity index (χ0) is 12.3. The second kappa shape index (κ2) is 5.01. The Morgan fingerprint density at radius 1 is 1.25 bits per heavy atom. The number of nitrogens with two attached hydrogens (primary N) is 1. The predicted octanol–water partition coefficient (Wildman–Crippen LogP) is 3.57. The van der Waals surface area contributed by atoms with E-state index >= 15 is 0 Å². The molecule has 90 valence electrons. The van der Waals surface area contributed by atoms with E-state index in [2.05, 4.69) is 52.8 Å². The smallest absolute Gasteiger partial charge is 0.00136 e. The second-order valence-electron chi connectivity index (χ2n) is 5.91. The van der Waals surface area contributed by atoms with E-state index in [1.807, 2.05) is 0 Å². The van der Waals surface area contributed by atoms with Crippen LogP contribution in [0.3, 0.4) is 0 Å². The third-order valence-electron chi connectivity index (χ3n) is 3.08. The van der Waals surface area contributed by atoms with E-state index in [1.165, 1.54) is 16.7 Å². The van der Waals surface area contributed by atoms with Crippen molar-refractivity contribution in [1.29, 1.82) is 0 Å². The first-order valence-electron chi connectivity index (χ1n) is 6.16. The topological polar surface area (TPSA) is 26.0 Å². The summed E-state index contributed by atoms with van der Waals surface area (Å²) < 4.78 is 0. The molecule has 1 rings (SSSR count). The monoisotopic (exact) mass is 219 g/mol. The highest BCUT2D eigenvalue weighted by Crippen LogP contribution is 2.24. The molecule has 0 aromatic heterocycles. The van der Waals surface area contributed by atoms with Crippen molar-refractivity contribution < 1.29 is 0 Å². The molecule has 0 spiro atoms. The van der Waals surface area contributed by atoms with E-state index < -0.39 is 0 Å². The van der Waals surface area contributed by atoms with Crippen LogP contribution in [0.15, 0.2) is 18.2 Å². The molecule has 0 aliphatic carbocycles. The van der Waals surface area contributed by atoms with Gasteiger partial charge in [0.15, 0.2) is 0 Å². The zero-order valence-electron chi connectivity index (χ0n) is 11.3. The van der Waals surface area contributed by atoms with Crippen LogP contribution < -0.4 is 5.73 Å². The molecule has 0 radical (unpaired) electrons. The molecule has 1 aromatic rings. The van der Waals surface area contributed by atoms with Crippen LogP contribution in [0.25, 0.3) is 0 Å². The molecule has 1 nitrogen and oxygen atoms in total. The van der Waals surface area contributed by atoms with Gasteiger partial charge in [-0.25, -0.2) is 0 Å². The van der Waals surface area contributed by atoms with Gasteiger partial charge in [0.25, 0.3) is 0 Å². The van der Waals surface area contributed by atoms with Crippen molar-refractivity contribution >= 4 is 0 Å². The van der Waals surface area contributed by atoms with Crippen molar-refractivity contribution in [1.82, 2.24) is 0 Å². The fourth-order valence-corrected chi connectivity index (χ4v) is 1.83. The molecule has 0 saturated carbocycles. The van der Waals surface area contributed by atoms with E-state index in [1.54, 1.807) is 0 Å². The van der Waals surface area contributed by atoms with Gasteiger partial charge in [0, 0.05) is 6.04 Å². The van der Waals surface area contributed by atoms with Gasteiger partial charge in [-0.05, 0) is 48.8 Å². The Hall–Kier alpha value is -0.820. The molecule has 0 amide bonds. The van der Waals surface area contributed by atoms with Gasteiger partial charge in [0.2, 0.25) is 0 Å². The normalized spacial score (nSPS) is 13.9. The summed E-state index contributed by atoms with van der Waals surface area (Å²) in [6.45, 7) is 11.0. The van der Waals surface area contributed by atoms with Crippen molar-refractivity contribution in [3.8, 4) is 0 Å². The first-order chi connectivity index (χ1) is 7.30. The summed E-state index contributed by atoms with van der Waals surface area (Å²) in [5.74, 6) is 0. The lowest BCUT2D eigenvalue weighted by molar-refractivity contribution is 0.588. The Morgan fingerprint density at radius 3 is 2.31 bits per heavy atom. The fraction of sp³-hybridized carbons (Fsp3) is 0.600.